The van der Waals surface area contributed by atoms with Gasteiger partial charge in [-0.15, -0.1) is 0 Å². The van der Waals surface area contributed by atoms with Crippen LogP contribution in [0, 0.1) is 12.8 Å². The van der Waals surface area contributed by atoms with Crippen molar-refractivity contribution in [2.75, 3.05) is 18.0 Å². The van der Waals surface area contributed by atoms with Gasteiger partial charge in [0.2, 0.25) is 0 Å². The number of nitrogens with one attached hydrogen (secondary N) is 1. The Morgan fingerprint density at radius 2 is 2.05 bits per heavy atom. The molecule has 1 heterocycles. The molecule has 2 rings (SSSR count). The molecule has 1 aromatic rings. The van der Waals surface area contributed by atoms with Crippen LogP contribution in [0.15, 0.2) is 18.2 Å². The van der Waals surface area contributed by atoms with Gasteiger partial charge in [-0.3, -0.25) is 0 Å². The molecule has 0 radical (unpaired) electrons. The fourth-order valence-electron chi connectivity index (χ4n) is 3.13. The Bertz CT molecular complexity index is 449. The van der Waals surface area contributed by atoms with E-state index < -0.39 is 0 Å². The minimum Gasteiger partial charge on any atom is -0.366 e. The Labute approximate surface area is 124 Å². The topological polar surface area (TPSA) is 15.3 Å². The highest BCUT2D eigenvalue weighted by Crippen LogP contribution is 2.34. The van der Waals surface area contributed by atoms with Crippen LogP contribution >= 0.6 is 0 Å². The van der Waals surface area contributed by atoms with Gasteiger partial charge < -0.3 is 10.2 Å². The third-order valence-electron chi connectivity index (χ3n) is 4.41. The molecular weight excluding hydrogens is 244 g/mol. The van der Waals surface area contributed by atoms with E-state index in [-0.39, 0.29) is 0 Å². The van der Waals surface area contributed by atoms with Crippen LogP contribution in [0.1, 0.15) is 51.7 Å². The second-order valence-electron chi connectivity index (χ2n) is 7.20. The molecule has 2 heteroatoms. The molecule has 0 aliphatic carbocycles. The average Bonchev–Trinajstić information content (AvgIpc) is 2.70. The van der Waals surface area contributed by atoms with E-state index >= 15 is 0 Å². The van der Waals surface area contributed by atoms with Gasteiger partial charge >= 0.3 is 0 Å². The summed E-state index contributed by atoms with van der Waals surface area (Å²) in [5, 5.41) is 3.53. The number of benzene rings is 1. The zero-order valence-corrected chi connectivity index (χ0v) is 13.8. The van der Waals surface area contributed by atoms with Crippen molar-refractivity contribution >= 4 is 5.69 Å². The van der Waals surface area contributed by atoms with Crippen molar-refractivity contribution in [2.45, 2.75) is 59.5 Å². The molecule has 1 N–H and O–H groups in total. The fourth-order valence-corrected chi connectivity index (χ4v) is 3.13. The summed E-state index contributed by atoms with van der Waals surface area (Å²) < 4.78 is 0. The molecule has 20 heavy (non-hydrogen) atoms. The highest BCUT2D eigenvalue weighted by atomic mass is 15.2. The summed E-state index contributed by atoms with van der Waals surface area (Å²) in [6.07, 6.45) is 2.60. The lowest BCUT2D eigenvalue weighted by Gasteiger charge is -2.34. The molecule has 0 unspecified atom stereocenters. The van der Waals surface area contributed by atoms with Gasteiger partial charge in [-0.05, 0) is 69.3 Å². The van der Waals surface area contributed by atoms with Crippen LogP contribution in [0.3, 0.4) is 0 Å². The van der Waals surface area contributed by atoms with Crippen LogP contribution in [0.2, 0.25) is 0 Å². The van der Waals surface area contributed by atoms with Gasteiger partial charge in [0.25, 0.3) is 0 Å². The zero-order valence-electron chi connectivity index (χ0n) is 13.8. The Balaban J connectivity index is 2.06. The Hall–Kier alpha value is -1.02. The molecule has 1 saturated heterocycles. The maximum Gasteiger partial charge on any atom is 0.0373 e. The molecule has 0 bridgehead atoms. The number of rotatable bonds is 5. The van der Waals surface area contributed by atoms with Gasteiger partial charge in [0.1, 0.15) is 0 Å². The van der Waals surface area contributed by atoms with Gasteiger partial charge in [0, 0.05) is 24.3 Å². The predicted molar refractivity (Wildman–Crippen MR) is 88.4 cm³/mol. The quantitative estimate of drug-likeness (QED) is 0.869. The average molecular weight is 274 g/mol. The molecule has 0 amide bonds. The van der Waals surface area contributed by atoms with Crippen molar-refractivity contribution in [1.82, 2.24) is 5.32 Å². The summed E-state index contributed by atoms with van der Waals surface area (Å²) in [5.74, 6) is 0.708. The van der Waals surface area contributed by atoms with Crippen molar-refractivity contribution in [1.29, 1.82) is 0 Å². The van der Waals surface area contributed by atoms with Crippen LogP contribution in [-0.2, 0) is 6.54 Å². The van der Waals surface area contributed by atoms with Crippen molar-refractivity contribution in [3.05, 3.63) is 29.3 Å². The molecule has 1 aromatic carbocycles. The smallest absolute Gasteiger partial charge is 0.0373 e. The Kier molecular flexibility index (Phi) is 4.74. The van der Waals surface area contributed by atoms with E-state index in [0.717, 1.165) is 13.1 Å². The fraction of sp³-hybridized carbons (Fsp3) is 0.667. The normalized spacial score (nSPS) is 18.0. The highest BCUT2D eigenvalue weighted by molar-refractivity contribution is 5.53. The number of nitrogens with zero attached hydrogens (tertiary/aromatic N) is 1. The predicted octanol–water partition coefficient (Wildman–Crippen LogP) is 4.12. The SMILES string of the molecule is Cc1cc(N2CCCC2(C)C)ccc1CNCC(C)C. The van der Waals surface area contributed by atoms with Gasteiger partial charge in [0.05, 0.1) is 0 Å². The van der Waals surface area contributed by atoms with E-state index in [1.54, 1.807) is 0 Å². The molecular formula is C18H30N2. The van der Waals surface area contributed by atoms with Crippen molar-refractivity contribution < 1.29 is 0 Å². The maximum absolute atomic E-state index is 3.53. The summed E-state index contributed by atoms with van der Waals surface area (Å²) in [5.41, 5.74) is 4.52. The highest BCUT2D eigenvalue weighted by Gasteiger charge is 2.31. The third kappa shape index (κ3) is 3.54. The molecule has 0 spiro atoms. The molecule has 0 aromatic heterocycles. The largest absolute Gasteiger partial charge is 0.366 e. The first kappa shape index (κ1) is 15.4. The van der Waals surface area contributed by atoms with Crippen molar-refractivity contribution in [2.24, 2.45) is 5.92 Å². The molecule has 112 valence electrons. The first-order valence-electron chi connectivity index (χ1n) is 7.98. The van der Waals surface area contributed by atoms with Crippen LogP contribution in [0.25, 0.3) is 0 Å². The van der Waals surface area contributed by atoms with E-state index in [9.17, 15) is 0 Å². The maximum atomic E-state index is 3.53. The number of hydrogen-bond donors (Lipinski definition) is 1. The summed E-state index contributed by atoms with van der Waals surface area (Å²) in [6, 6.07) is 6.96. The summed E-state index contributed by atoms with van der Waals surface area (Å²) >= 11 is 0. The molecule has 2 nitrogen and oxygen atoms in total. The minimum absolute atomic E-state index is 0.309. The molecule has 0 atom stereocenters. The molecule has 0 saturated carbocycles. The van der Waals surface area contributed by atoms with Gasteiger partial charge in [-0.2, -0.15) is 0 Å². The van der Waals surface area contributed by atoms with E-state index in [1.165, 1.54) is 36.2 Å². The van der Waals surface area contributed by atoms with E-state index in [0.29, 0.717) is 11.5 Å². The van der Waals surface area contributed by atoms with Gasteiger partial charge in [0.15, 0.2) is 0 Å². The van der Waals surface area contributed by atoms with Crippen LogP contribution in [0.5, 0.6) is 0 Å². The minimum atomic E-state index is 0.309. The number of hydrogen-bond acceptors (Lipinski definition) is 2. The van der Waals surface area contributed by atoms with Crippen LogP contribution in [0.4, 0.5) is 5.69 Å². The second-order valence-corrected chi connectivity index (χ2v) is 7.20. The Morgan fingerprint density at radius 3 is 2.60 bits per heavy atom. The van der Waals surface area contributed by atoms with E-state index in [1.807, 2.05) is 0 Å². The van der Waals surface area contributed by atoms with Crippen molar-refractivity contribution in [3.63, 3.8) is 0 Å². The van der Waals surface area contributed by atoms with Crippen LogP contribution in [-0.4, -0.2) is 18.6 Å². The monoisotopic (exact) mass is 274 g/mol. The lowest BCUT2D eigenvalue weighted by Crippen LogP contribution is -2.38. The van der Waals surface area contributed by atoms with Gasteiger partial charge in [-0.1, -0.05) is 19.9 Å². The third-order valence-corrected chi connectivity index (χ3v) is 4.41. The van der Waals surface area contributed by atoms with Crippen LogP contribution < -0.4 is 10.2 Å². The molecule has 1 aliphatic rings. The van der Waals surface area contributed by atoms with Crippen molar-refractivity contribution in [3.8, 4) is 0 Å². The first-order chi connectivity index (χ1) is 9.40. The zero-order chi connectivity index (χ0) is 14.8. The lowest BCUT2D eigenvalue weighted by atomic mass is 10.0. The van der Waals surface area contributed by atoms with Gasteiger partial charge in [-0.25, -0.2) is 0 Å². The first-order valence-corrected chi connectivity index (χ1v) is 7.98. The lowest BCUT2D eigenvalue weighted by molar-refractivity contribution is 0.517. The van der Waals surface area contributed by atoms with E-state index in [4.69, 9.17) is 0 Å². The summed E-state index contributed by atoms with van der Waals surface area (Å²) in [6.45, 7) is 14.7. The number of anilines is 1. The Morgan fingerprint density at radius 1 is 1.30 bits per heavy atom. The standard InChI is InChI=1S/C18H30N2/c1-14(2)12-19-13-16-7-8-17(11-15(16)3)20-10-6-9-18(20,4)5/h7-8,11,14,19H,6,9-10,12-13H2,1-5H3. The number of aryl methyl sites for hydroxylation is 1. The summed E-state index contributed by atoms with van der Waals surface area (Å²) in [7, 11) is 0. The molecule has 1 aliphatic heterocycles. The summed E-state index contributed by atoms with van der Waals surface area (Å²) in [4.78, 5) is 2.56. The van der Waals surface area contributed by atoms with E-state index in [2.05, 4.69) is 63.0 Å². The molecule has 1 fully saturated rings. The second kappa shape index (κ2) is 6.17.